The Morgan fingerprint density at radius 3 is 2.62 bits per heavy atom. The fraction of sp³-hybridized carbons (Fsp3) is 0.833. The van der Waals surface area contributed by atoms with Crippen LogP contribution in [0.4, 0.5) is 0 Å². The van der Waals surface area contributed by atoms with Crippen LogP contribution in [-0.4, -0.2) is 35.3 Å². The van der Waals surface area contributed by atoms with Crippen LogP contribution in [-0.2, 0) is 9.59 Å². The van der Waals surface area contributed by atoms with Crippen molar-refractivity contribution in [3.63, 3.8) is 0 Å². The van der Waals surface area contributed by atoms with E-state index in [-0.39, 0.29) is 35.9 Å². The van der Waals surface area contributed by atoms with Gasteiger partial charge in [-0.15, -0.1) is 0 Å². The van der Waals surface area contributed by atoms with Crippen LogP contribution in [0.25, 0.3) is 0 Å². The van der Waals surface area contributed by atoms with E-state index >= 15 is 0 Å². The number of rotatable bonds is 1. The number of nitrogens with one attached hydrogen (secondary N) is 1. The zero-order valence-electron chi connectivity index (χ0n) is 10.2. The van der Waals surface area contributed by atoms with Crippen LogP contribution in [0.1, 0.15) is 40.0 Å². The summed E-state index contributed by atoms with van der Waals surface area (Å²) in [6.07, 6.45) is 3.31. The average Bonchev–Trinajstić information content (AvgIpc) is 2.51. The van der Waals surface area contributed by atoms with Gasteiger partial charge in [-0.05, 0) is 25.2 Å². The molecule has 4 heteroatoms. The summed E-state index contributed by atoms with van der Waals surface area (Å²) in [5.74, 6) is 0.0365. The van der Waals surface area contributed by atoms with Crippen molar-refractivity contribution in [2.75, 3.05) is 6.54 Å². The van der Waals surface area contributed by atoms with E-state index in [2.05, 4.69) is 19.2 Å². The third-order valence-corrected chi connectivity index (χ3v) is 3.92. The molecule has 2 rings (SSSR count). The quantitative estimate of drug-likeness (QED) is 0.720. The lowest BCUT2D eigenvalue weighted by molar-refractivity contribution is -0.148. The Kier molecular flexibility index (Phi) is 2.68. The minimum atomic E-state index is -0.363. The van der Waals surface area contributed by atoms with Crippen molar-refractivity contribution in [3.8, 4) is 0 Å². The Bertz CT molecular complexity index is 325. The second-order valence-electron chi connectivity index (χ2n) is 5.65. The lowest BCUT2D eigenvalue weighted by Crippen LogP contribution is -2.61. The summed E-state index contributed by atoms with van der Waals surface area (Å²) >= 11 is 0. The van der Waals surface area contributed by atoms with E-state index in [9.17, 15) is 9.59 Å². The first-order valence-corrected chi connectivity index (χ1v) is 6.02. The summed E-state index contributed by atoms with van der Waals surface area (Å²) in [5, 5.41) is 2.68. The van der Waals surface area contributed by atoms with Crippen LogP contribution in [0.3, 0.4) is 0 Å². The molecule has 1 aliphatic carbocycles. The third-order valence-electron chi connectivity index (χ3n) is 3.92. The first-order valence-electron chi connectivity index (χ1n) is 6.02. The summed E-state index contributed by atoms with van der Waals surface area (Å²) in [4.78, 5) is 25.3. The number of hydrogen-bond acceptors (Lipinski definition) is 2. The lowest BCUT2D eigenvalue weighted by atomic mass is 9.86. The number of hydrogen-bond donors (Lipinski definition) is 1. The van der Waals surface area contributed by atoms with E-state index in [0.29, 0.717) is 0 Å². The van der Waals surface area contributed by atoms with Crippen molar-refractivity contribution in [1.29, 1.82) is 0 Å². The second-order valence-corrected chi connectivity index (χ2v) is 5.65. The Morgan fingerprint density at radius 2 is 2.06 bits per heavy atom. The van der Waals surface area contributed by atoms with Crippen molar-refractivity contribution in [3.05, 3.63) is 0 Å². The van der Waals surface area contributed by atoms with Crippen LogP contribution >= 0.6 is 0 Å². The van der Waals surface area contributed by atoms with Crippen molar-refractivity contribution >= 4 is 11.8 Å². The molecular weight excluding hydrogens is 204 g/mol. The van der Waals surface area contributed by atoms with Crippen molar-refractivity contribution in [2.24, 2.45) is 5.41 Å². The van der Waals surface area contributed by atoms with Gasteiger partial charge in [0.2, 0.25) is 11.8 Å². The summed E-state index contributed by atoms with van der Waals surface area (Å²) in [5.41, 5.74) is 0.146. The molecule has 2 amide bonds. The van der Waals surface area contributed by atoms with Crippen LogP contribution in [0.2, 0.25) is 0 Å². The molecular formula is C12H20N2O2. The molecule has 1 heterocycles. The van der Waals surface area contributed by atoms with E-state index in [1.54, 1.807) is 11.8 Å². The predicted octanol–water partition coefficient (Wildman–Crippen LogP) is 0.912. The van der Waals surface area contributed by atoms with Gasteiger partial charge in [-0.1, -0.05) is 20.3 Å². The van der Waals surface area contributed by atoms with Crippen molar-refractivity contribution in [2.45, 2.75) is 52.1 Å². The van der Waals surface area contributed by atoms with E-state index in [1.165, 1.54) is 0 Å². The lowest BCUT2D eigenvalue weighted by Gasteiger charge is -2.41. The first-order chi connectivity index (χ1) is 7.42. The van der Waals surface area contributed by atoms with E-state index in [4.69, 9.17) is 0 Å². The minimum absolute atomic E-state index is 0.0326. The van der Waals surface area contributed by atoms with Crippen LogP contribution in [0.5, 0.6) is 0 Å². The van der Waals surface area contributed by atoms with Gasteiger partial charge < -0.3 is 10.2 Å². The summed E-state index contributed by atoms with van der Waals surface area (Å²) in [7, 11) is 0. The molecule has 16 heavy (non-hydrogen) atoms. The highest BCUT2D eigenvalue weighted by Gasteiger charge is 2.43. The molecule has 0 spiro atoms. The Morgan fingerprint density at radius 1 is 1.38 bits per heavy atom. The van der Waals surface area contributed by atoms with Gasteiger partial charge in [0.05, 0.1) is 6.54 Å². The molecule has 1 saturated heterocycles. The maximum Gasteiger partial charge on any atom is 0.245 e. The van der Waals surface area contributed by atoms with Gasteiger partial charge in [0.1, 0.15) is 6.04 Å². The van der Waals surface area contributed by atoms with Gasteiger partial charge in [-0.3, -0.25) is 9.59 Å². The normalized spacial score (nSPS) is 34.1. The first kappa shape index (κ1) is 11.4. The molecule has 2 unspecified atom stereocenters. The Hall–Kier alpha value is -1.06. The highest BCUT2D eigenvalue weighted by Crippen LogP contribution is 2.40. The van der Waals surface area contributed by atoms with Gasteiger partial charge in [-0.2, -0.15) is 0 Å². The van der Waals surface area contributed by atoms with Crippen LogP contribution in [0, 0.1) is 5.41 Å². The van der Waals surface area contributed by atoms with Crippen LogP contribution < -0.4 is 5.32 Å². The standard InChI is InChI=1S/C12H20N2O2/c1-8-11(16)14(7-10(15)13-8)9-5-4-6-12(9,2)3/h8-9H,4-7H2,1-3H3,(H,13,15). The highest BCUT2D eigenvalue weighted by molar-refractivity contribution is 5.94. The van der Waals surface area contributed by atoms with E-state index in [1.807, 2.05) is 0 Å². The monoisotopic (exact) mass is 224 g/mol. The molecule has 0 aromatic rings. The molecule has 1 N–H and O–H groups in total. The molecule has 4 nitrogen and oxygen atoms in total. The molecule has 0 aromatic carbocycles. The largest absolute Gasteiger partial charge is 0.343 e. The molecule has 2 aliphatic rings. The van der Waals surface area contributed by atoms with Gasteiger partial charge in [-0.25, -0.2) is 0 Å². The molecule has 1 aliphatic heterocycles. The molecule has 1 saturated carbocycles. The van der Waals surface area contributed by atoms with Crippen LogP contribution in [0.15, 0.2) is 0 Å². The Balaban J connectivity index is 2.19. The fourth-order valence-electron chi connectivity index (χ4n) is 2.98. The zero-order valence-corrected chi connectivity index (χ0v) is 10.2. The molecule has 0 radical (unpaired) electrons. The number of amides is 2. The van der Waals surface area contributed by atoms with Gasteiger partial charge >= 0.3 is 0 Å². The molecule has 0 bridgehead atoms. The molecule has 2 fully saturated rings. The van der Waals surface area contributed by atoms with E-state index in [0.717, 1.165) is 19.3 Å². The fourth-order valence-corrected chi connectivity index (χ4v) is 2.98. The van der Waals surface area contributed by atoms with E-state index < -0.39 is 0 Å². The summed E-state index contributed by atoms with van der Waals surface area (Å²) in [6, 6.07) is -0.133. The molecule has 2 atom stereocenters. The van der Waals surface area contributed by atoms with Gasteiger partial charge in [0.25, 0.3) is 0 Å². The topological polar surface area (TPSA) is 49.4 Å². The number of carbonyl (C=O) groups excluding carboxylic acids is 2. The highest BCUT2D eigenvalue weighted by atomic mass is 16.2. The third kappa shape index (κ3) is 1.81. The number of nitrogens with zero attached hydrogens (tertiary/aromatic N) is 1. The number of carbonyl (C=O) groups is 2. The smallest absolute Gasteiger partial charge is 0.245 e. The van der Waals surface area contributed by atoms with Crippen molar-refractivity contribution < 1.29 is 9.59 Å². The maximum atomic E-state index is 12.1. The van der Waals surface area contributed by atoms with Crippen molar-refractivity contribution in [1.82, 2.24) is 10.2 Å². The minimum Gasteiger partial charge on any atom is -0.343 e. The zero-order chi connectivity index (χ0) is 11.9. The SMILES string of the molecule is CC1NC(=O)CN(C2CCCC2(C)C)C1=O. The Labute approximate surface area is 96.4 Å². The maximum absolute atomic E-state index is 12.1. The second kappa shape index (κ2) is 3.75. The summed E-state index contributed by atoms with van der Waals surface area (Å²) in [6.45, 7) is 6.37. The molecule has 90 valence electrons. The summed E-state index contributed by atoms with van der Waals surface area (Å²) < 4.78 is 0. The van der Waals surface area contributed by atoms with Gasteiger partial charge in [0.15, 0.2) is 0 Å². The number of piperazine rings is 1. The predicted molar refractivity (Wildman–Crippen MR) is 60.7 cm³/mol. The molecule has 0 aromatic heterocycles. The van der Waals surface area contributed by atoms with Gasteiger partial charge in [0, 0.05) is 6.04 Å². The average molecular weight is 224 g/mol.